The second kappa shape index (κ2) is 6.41. The summed E-state index contributed by atoms with van der Waals surface area (Å²) in [6.07, 6.45) is 3.65. The molecule has 0 aromatic heterocycles. The van der Waals surface area contributed by atoms with E-state index in [-0.39, 0.29) is 0 Å². The maximum Gasteiger partial charge on any atom is 0.232 e. The van der Waals surface area contributed by atoms with Crippen LogP contribution in [0.4, 0.5) is 0 Å². The number of hydrogen-bond acceptors (Lipinski definition) is 2. The Kier molecular flexibility index (Phi) is 5.51. The van der Waals surface area contributed by atoms with Crippen molar-refractivity contribution < 1.29 is 4.79 Å². The van der Waals surface area contributed by atoms with Gasteiger partial charge < -0.3 is 4.90 Å². The van der Waals surface area contributed by atoms with Crippen molar-refractivity contribution in [3.05, 3.63) is 0 Å². The van der Waals surface area contributed by atoms with E-state index in [9.17, 15) is 4.79 Å². The zero-order valence-corrected chi connectivity index (χ0v) is 11.0. The minimum absolute atomic E-state index is 0.341. The fourth-order valence-electron chi connectivity index (χ4n) is 1.93. The van der Waals surface area contributed by atoms with E-state index in [2.05, 4.69) is 25.7 Å². The lowest BCUT2D eigenvalue weighted by Crippen LogP contribution is -2.43. The predicted octanol–water partition coefficient (Wildman–Crippen LogP) is 2.78. The third-order valence-corrected chi connectivity index (χ3v) is 4.15. The minimum atomic E-state index is 0.341. The van der Waals surface area contributed by atoms with Crippen molar-refractivity contribution in [2.45, 2.75) is 46.1 Å². The Balaban J connectivity index is 2.26. The van der Waals surface area contributed by atoms with Crippen LogP contribution in [0.25, 0.3) is 0 Å². The average molecular weight is 229 g/mol. The zero-order valence-electron chi connectivity index (χ0n) is 10.2. The first-order valence-electron chi connectivity index (χ1n) is 5.98. The first-order chi connectivity index (χ1) is 7.11. The molecule has 1 fully saturated rings. The molecular weight excluding hydrogens is 206 g/mol. The summed E-state index contributed by atoms with van der Waals surface area (Å²) in [6, 6.07) is 0.464. The van der Waals surface area contributed by atoms with Crippen LogP contribution in [-0.2, 0) is 4.79 Å². The fourth-order valence-corrected chi connectivity index (χ4v) is 2.86. The van der Waals surface area contributed by atoms with Gasteiger partial charge in [0.2, 0.25) is 5.91 Å². The summed E-state index contributed by atoms with van der Waals surface area (Å²) >= 11 is 1.77. The maximum atomic E-state index is 11.9. The largest absolute Gasteiger partial charge is 0.339 e. The first-order valence-corrected chi connectivity index (χ1v) is 7.14. The van der Waals surface area contributed by atoms with E-state index in [0.717, 1.165) is 12.3 Å². The molecule has 1 aliphatic rings. The molecule has 1 atom stereocenters. The smallest absolute Gasteiger partial charge is 0.232 e. The van der Waals surface area contributed by atoms with Gasteiger partial charge >= 0.3 is 0 Å². The Hall–Kier alpha value is -0.180. The highest BCUT2D eigenvalue weighted by Gasteiger charge is 2.22. The van der Waals surface area contributed by atoms with Gasteiger partial charge in [0.05, 0.1) is 5.75 Å². The van der Waals surface area contributed by atoms with Crippen LogP contribution in [0, 0.1) is 5.92 Å². The molecule has 2 nitrogen and oxygen atoms in total. The van der Waals surface area contributed by atoms with Gasteiger partial charge in [-0.05, 0) is 37.9 Å². The number of likely N-dealkylation sites (tertiary alicyclic amines) is 1. The van der Waals surface area contributed by atoms with Crippen molar-refractivity contribution in [3.8, 4) is 0 Å². The number of carbonyl (C=O) groups is 1. The molecular formula is C12H23NOS. The molecule has 0 saturated carbocycles. The number of thioether (sulfide) groups is 1. The van der Waals surface area contributed by atoms with Crippen LogP contribution in [0.2, 0.25) is 0 Å². The molecule has 3 heteroatoms. The Bertz CT molecular complexity index is 206. The van der Waals surface area contributed by atoms with Crippen LogP contribution in [-0.4, -0.2) is 34.9 Å². The summed E-state index contributed by atoms with van der Waals surface area (Å²) in [5.74, 6) is 2.78. The Labute approximate surface area is 97.8 Å². The molecule has 1 saturated heterocycles. The third kappa shape index (κ3) is 4.45. The lowest BCUT2D eigenvalue weighted by Gasteiger charge is -2.33. The summed E-state index contributed by atoms with van der Waals surface area (Å²) in [5, 5.41) is 0. The zero-order chi connectivity index (χ0) is 11.3. The number of piperidine rings is 1. The van der Waals surface area contributed by atoms with Gasteiger partial charge in [0.1, 0.15) is 0 Å². The molecule has 1 aliphatic heterocycles. The van der Waals surface area contributed by atoms with Gasteiger partial charge in [-0.1, -0.05) is 13.8 Å². The van der Waals surface area contributed by atoms with Crippen LogP contribution in [0.3, 0.4) is 0 Å². The van der Waals surface area contributed by atoms with E-state index in [1.165, 1.54) is 19.3 Å². The van der Waals surface area contributed by atoms with Crippen LogP contribution < -0.4 is 0 Å². The summed E-state index contributed by atoms with van der Waals surface area (Å²) in [7, 11) is 0. The summed E-state index contributed by atoms with van der Waals surface area (Å²) < 4.78 is 0. The SMILES string of the molecule is CC(C)CSCC(=O)N1CCCCC1C. The minimum Gasteiger partial charge on any atom is -0.339 e. The van der Waals surface area contributed by atoms with Crippen molar-refractivity contribution in [2.24, 2.45) is 5.92 Å². The number of rotatable bonds is 4. The summed E-state index contributed by atoms with van der Waals surface area (Å²) in [5.41, 5.74) is 0. The van der Waals surface area contributed by atoms with Gasteiger partial charge in [-0.2, -0.15) is 11.8 Å². The van der Waals surface area contributed by atoms with Crippen molar-refractivity contribution >= 4 is 17.7 Å². The molecule has 15 heavy (non-hydrogen) atoms. The topological polar surface area (TPSA) is 20.3 Å². The fraction of sp³-hybridized carbons (Fsp3) is 0.917. The number of carbonyl (C=O) groups excluding carboxylic acids is 1. The molecule has 88 valence electrons. The highest BCUT2D eigenvalue weighted by molar-refractivity contribution is 7.99. The van der Waals surface area contributed by atoms with Crippen molar-refractivity contribution in [1.82, 2.24) is 4.90 Å². The van der Waals surface area contributed by atoms with Gasteiger partial charge in [0.15, 0.2) is 0 Å². The van der Waals surface area contributed by atoms with Crippen molar-refractivity contribution in [1.29, 1.82) is 0 Å². The highest BCUT2D eigenvalue weighted by Crippen LogP contribution is 2.18. The van der Waals surface area contributed by atoms with Crippen LogP contribution >= 0.6 is 11.8 Å². The molecule has 0 radical (unpaired) electrons. The van der Waals surface area contributed by atoms with Gasteiger partial charge in [0, 0.05) is 12.6 Å². The van der Waals surface area contributed by atoms with Gasteiger partial charge in [-0.3, -0.25) is 4.79 Å². The normalized spacial score (nSPS) is 22.1. The molecule has 0 aromatic carbocycles. The van der Waals surface area contributed by atoms with E-state index in [0.29, 0.717) is 23.6 Å². The molecule has 0 spiro atoms. The Morgan fingerprint density at radius 2 is 2.20 bits per heavy atom. The molecule has 1 unspecified atom stereocenters. The van der Waals surface area contributed by atoms with E-state index in [1.807, 2.05) is 0 Å². The lowest BCUT2D eigenvalue weighted by atomic mass is 10.0. The summed E-state index contributed by atoms with van der Waals surface area (Å²) in [6.45, 7) is 7.54. The first kappa shape index (κ1) is 12.9. The Morgan fingerprint density at radius 3 is 2.80 bits per heavy atom. The van der Waals surface area contributed by atoms with E-state index < -0.39 is 0 Å². The number of hydrogen-bond donors (Lipinski definition) is 0. The van der Waals surface area contributed by atoms with Crippen molar-refractivity contribution in [2.75, 3.05) is 18.1 Å². The van der Waals surface area contributed by atoms with Crippen LogP contribution in [0.5, 0.6) is 0 Å². The predicted molar refractivity (Wildman–Crippen MR) is 67.2 cm³/mol. The Morgan fingerprint density at radius 1 is 1.47 bits per heavy atom. The summed E-state index contributed by atoms with van der Waals surface area (Å²) in [4.78, 5) is 14.0. The van der Waals surface area contributed by atoms with Gasteiger partial charge in [0.25, 0.3) is 0 Å². The van der Waals surface area contributed by atoms with Gasteiger partial charge in [-0.15, -0.1) is 0 Å². The monoisotopic (exact) mass is 229 g/mol. The lowest BCUT2D eigenvalue weighted by molar-refractivity contribution is -0.131. The third-order valence-electron chi connectivity index (χ3n) is 2.80. The maximum absolute atomic E-state index is 11.9. The van der Waals surface area contributed by atoms with Gasteiger partial charge in [-0.25, -0.2) is 0 Å². The standard InChI is InChI=1S/C12H23NOS/c1-10(2)8-15-9-12(14)13-7-5-4-6-11(13)3/h10-11H,4-9H2,1-3H3. The molecule has 1 heterocycles. The van der Waals surface area contributed by atoms with Crippen LogP contribution in [0.15, 0.2) is 0 Å². The molecule has 0 N–H and O–H groups in total. The number of nitrogens with zero attached hydrogens (tertiary/aromatic N) is 1. The quantitative estimate of drug-likeness (QED) is 0.739. The van der Waals surface area contributed by atoms with E-state index >= 15 is 0 Å². The number of amides is 1. The van der Waals surface area contributed by atoms with E-state index in [4.69, 9.17) is 0 Å². The molecule has 1 amide bonds. The van der Waals surface area contributed by atoms with E-state index in [1.54, 1.807) is 11.8 Å². The second-order valence-corrected chi connectivity index (χ2v) is 5.87. The molecule has 0 aliphatic carbocycles. The molecule has 1 rings (SSSR count). The van der Waals surface area contributed by atoms with Crippen molar-refractivity contribution in [3.63, 3.8) is 0 Å². The second-order valence-electron chi connectivity index (χ2n) is 4.84. The van der Waals surface area contributed by atoms with Crippen LogP contribution in [0.1, 0.15) is 40.0 Å². The molecule has 0 aromatic rings. The highest BCUT2D eigenvalue weighted by atomic mass is 32.2. The average Bonchev–Trinajstić information content (AvgIpc) is 2.17. The molecule has 0 bridgehead atoms.